The average Bonchev–Trinajstić information content (AvgIpc) is 2.26. The SMILES string of the molecule is C=C(CC)COc1ccccc1[C@H](C)O. The number of ether oxygens (including phenoxy) is 1. The molecule has 0 aliphatic heterocycles. The summed E-state index contributed by atoms with van der Waals surface area (Å²) in [5, 5.41) is 9.52. The van der Waals surface area contributed by atoms with Crippen molar-refractivity contribution in [2.24, 2.45) is 0 Å². The second-order valence-corrected chi connectivity index (χ2v) is 3.61. The number of hydrogen-bond acceptors (Lipinski definition) is 2. The van der Waals surface area contributed by atoms with Crippen LogP contribution in [0, 0.1) is 0 Å². The number of benzene rings is 1. The van der Waals surface area contributed by atoms with Gasteiger partial charge in [-0.2, -0.15) is 0 Å². The van der Waals surface area contributed by atoms with Crippen LogP contribution in [-0.2, 0) is 0 Å². The molecule has 0 saturated heterocycles. The van der Waals surface area contributed by atoms with Crippen LogP contribution in [0.4, 0.5) is 0 Å². The Kier molecular flexibility index (Phi) is 4.37. The third-order valence-corrected chi connectivity index (χ3v) is 2.30. The Hall–Kier alpha value is -1.28. The highest BCUT2D eigenvalue weighted by atomic mass is 16.5. The van der Waals surface area contributed by atoms with Crippen LogP contribution in [0.1, 0.15) is 31.9 Å². The van der Waals surface area contributed by atoms with E-state index < -0.39 is 6.10 Å². The Bertz CT molecular complexity index is 329. The number of hydrogen-bond donors (Lipinski definition) is 1. The molecule has 0 saturated carbocycles. The van der Waals surface area contributed by atoms with Crippen LogP contribution in [0.15, 0.2) is 36.4 Å². The quantitative estimate of drug-likeness (QED) is 0.750. The zero-order chi connectivity index (χ0) is 11.3. The minimum atomic E-state index is -0.504. The molecule has 0 aliphatic carbocycles. The zero-order valence-corrected chi connectivity index (χ0v) is 9.36. The minimum Gasteiger partial charge on any atom is -0.489 e. The van der Waals surface area contributed by atoms with Crippen LogP contribution < -0.4 is 4.74 Å². The van der Waals surface area contributed by atoms with Crippen molar-refractivity contribution in [3.63, 3.8) is 0 Å². The number of aliphatic hydroxyl groups is 1. The molecule has 82 valence electrons. The van der Waals surface area contributed by atoms with E-state index in [-0.39, 0.29) is 0 Å². The van der Waals surface area contributed by atoms with Crippen molar-refractivity contribution in [1.29, 1.82) is 0 Å². The fourth-order valence-electron chi connectivity index (χ4n) is 1.24. The largest absolute Gasteiger partial charge is 0.489 e. The van der Waals surface area contributed by atoms with Gasteiger partial charge in [0.05, 0.1) is 6.10 Å². The first kappa shape index (κ1) is 11.8. The Morgan fingerprint density at radius 1 is 1.47 bits per heavy atom. The molecule has 0 amide bonds. The van der Waals surface area contributed by atoms with Gasteiger partial charge in [0.25, 0.3) is 0 Å². The predicted molar refractivity (Wildman–Crippen MR) is 62.0 cm³/mol. The standard InChI is InChI=1S/C13H18O2/c1-4-10(2)9-15-13-8-6-5-7-12(13)11(3)14/h5-8,11,14H,2,4,9H2,1,3H3/t11-/m0/s1. The van der Waals surface area contributed by atoms with Crippen molar-refractivity contribution < 1.29 is 9.84 Å². The van der Waals surface area contributed by atoms with Gasteiger partial charge in [-0.05, 0) is 25.0 Å². The fourth-order valence-corrected chi connectivity index (χ4v) is 1.24. The Balaban J connectivity index is 2.71. The minimum absolute atomic E-state index is 0.504. The van der Waals surface area contributed by atoms with E-state index in [2.05, 4.69) is 6.58 Å². The van der Waals surface area contributed by atoms with E-state index >= 15 is 0 Å². The van der Waals surface area contributed by atoms with Gasteiger partial charge in [0.2, 0.25) is 0 Å². The molecule has 2 heteroatoms. The second-order valence-electron chi connectivity index (χ2n) is 3.61. The second kappa shape index (κ2) is 5.56. The van der Waals surface area contributed by atoms with E-state index in [1.807, 2.05) is 31.2 Å². The van der Waals surface area contributed by atoms with Gasteiger partial charge >= 0.3 is 0 Å². The maximum Gasteiger partial charge on any atom is 0.125 e. The molecule has 0 aliphatic rings. The van der Waals surface area contributed by atoms with E-state index in [9.17, 15) is 5.11 Å². The van der Waals surface area contributed by atoms with Crippen molar-refractivity contribution >= 4 is 0 Å². The van der Waals surface area contributed by atoms with E-state index in [0.29, 0.717) is 6.61 Å². The molecule has 1 rings (SSSR count). The van der Waals surface area contributed by atoms with Gasteiger partial charge < -0.3 is 9.84 Å². The predicted octanol–water partition coefficient (Wildman–Crippen LogP) is 3.08. The molecule has 0 unspecified atom stereocenters. The lowest BCUT2D eigenvalue weighted by Crippen LogP contribution is -2.03. The highest BCUT2D eigenvalue weighted by molar-refractivity contribution is 5.34. The number of para-hydroxylation sites is 1. The lowest BCUT2D eigenvalue weighted by Gasteiger charge is -2.13. The van der Waals surface area contributed by atoms with Crippen LogP contribution >= 0.6 is 0 Å². The summed E-state index contributed by atoms with van der Waals surface area (Å²) in [6.07, 6.45) is 0.410. The van der Waals surface area contributed by atoms with Crippen molar-refractivity contribution in [2.75, 3.05) is 6.61 Å². The third kappa shape index (κ3) is 3.40. The zero-order valence-electron chi connectivity index (χ0n) is 9.36. The summed E-state index contributed by atoms with van der Waals surface area (Å²) in [6, 6.07) is 7.53. The van der Waals surface area contributed by atoms with Gasteiger partial charge in [0.1, 0.15) is 12.4 Å². The first-order valence-electron chi connectivity index (χ1n) is 5.21. The van der Waals surface area contributed by atoms with Crippen molar-refractivity contribution in [2.45, 2.75) is 26.4 Å². The molecule has 1 atom stereocenters. The Morgan fingerprint density at radius 2 is 2.13 bits per heavy atom. The van der Waals surface area contributed by atoms with Crippen molar-refractivity contribution in [1.82, 2.24) is 0 Å². The Labute approximate surface area is 91.2 Å². The summed E-state index contributed by atoms with van der Waals surface area (Å²) in [5.74, 6) is 0.738. The highest BCUT2D eigenvalue weighted by Gasteiger charge is 2.07. The highest BCUT2D eigenvalue weighted by Crippen LogP contribution is 2.24. The third-order valence-electron chi connectivity index (χ3n) is 2.30. The molecule has 0 aromatic heterocycles. The van der Waals surface area contributed by atoms with Crippen LogP contribution in [-0.4, -0.2) is 11.7 Å². The van der Waals surface area contributed by atoms with Gasteiger partial charge in [0.15, 0.2) is 0 Å². The molecular formula is C13H18O2. The molecule has 0 fully saturated rings. The summed E-state index contributed by atoms with van der Waals surface area (Å²) in [5.41, 5.74) is 1.87. The van der Waals surface area contributed by atoms with Crippen LogP contribution in [0.25, 0.3) is 0 Å². The topological polar surface area (TPSA) is 29.5 Å². The molecule has 1 aromatic carbocycles. The summed E-state index contributed by atoms with van der Waals surface area (Å²) >= 11 is 0. The Morgan fingerprint density at radius 3 is 2.73 bits per heavy atom. The van der Waals surface area contributed by atoms with E-state index in [1.165, 1.54) is 0 Å². The van der Waals surface area contributed by atoms with Crippen LogP contribution in [0.3, 0.4) is 0 Å². The van der Waals surface area contributed by atoms with Gasteiger partial charge in [0, 0.05) is 5.56 Å². The summed E-state index contributed by atoms with van der Waals surface area (Å²) in [6.45, 7) is 8.17. The van der Waals surface area contributed by atoms with E-state index in [1.54, 1.807) is 6.92 Å². The van der Waals surface area contributed by atoms with Crippen molar-refractivity contribution in [3.05, 3.63) is 42.0 Å². The molecule has 0 spiro atoms. The van der Waals surface area contributed by atoms with Gasteiger partial charge in [-0.25, -0.2) is 0 Å². The van der Waals surface area contributed by atoms with Gasteiger partial charge in [-0.3, -0.25) is 0 Å². The number of rotatable bonds is 5. The molecule has 2 nitrogen and oxygen atoms in total. The molecule has 0 radical (unpaired) electrons. The van der Waals surface area contributed by atoms with Gasteiger partial charge in [-0.15, -0.1) is 0 Å². The molecule has 15 heavy (non-hydrogen) atoms. The molecule has 0 heterocycles. The smallest absolute Gasteiger partial charge is 0.125 e. The molecular weight excluding hydrogens is 188 g/mol. The maximum absolute atomic E-state index is 9.52. The summed E-state index contributed by atoms with van der Waals surface area (Å²) in [7, 11) is 0. The maximum atomic E-state index is 9.52. The van der Waals surface area contributed by atoms with Crippen LogP contribution in [0.2, 0.25) is 0 Å². The number of aliphatic hydroxyl groups excluding tert-OH is 1. The summed E-state index contributed by atoms with van der Waals surface area (Å²) < 4.78 is 5.59. The van der Waals surface area contributed by atoms with Crippen LogP contribution in [0.5, 0.6) is 5.75 Å². The lowest BCUT2D eigenvalue weighted by molar-refractivity contribution is 0.192. The lowest BCUT2D eigenvalue weighted by atomic mass is 10.1. The first-order valence-corrected chi connectivity index (χ1v) is 5.21. The molecule has 1 N–H and O–H groups in total. The van der Waals surface area contributed by atoms with Crippen molar-refractivity contribution in [3.8, 4) is 5.75 Å². The van der Waals surface area contributed by atoms with E-state index in [4.69, 9.17) is 4.74 Å². The van der Waals surface area contributed by atoms with E-state index in [0.717, 1.165) is 23.3 Å². The molecule has 1 aromatic rings. The fraction of sp³-hybridized carbons (Fsp3) is 0.385. The molecule has 0 bridgehead atoms. The normalized spacial score (nSPS) is 12.2. The first-order chi connectivity index (χ1) is 7.15. The average molecular weight is 206 g/mol. The summed E-state index contributed by atoms with van der Waals surface area (Å²) in [4.78, 5) is 0. The van der Waals surface area contributed by atoms with Gasteiger partial charge in [-0.1, -0.05) is 31.7 Å². The monoisotopic (exact) mass is 206 g/mol.